The number of carbonyl (C=O) groups is 2. The largest absolute Gasteiger partial charge is 0.469 e. The van der Waals surface area contributed by atoms with Crippen molar-refractivity contribution in [3.8, 4) is 0 Å². The summed E-state index contributed by atoms with van der Waals surface area (Å²) in [6.45, 7) is 1.38. The second-order valence-corrected chi connectivity index (χ2v) is 16.7. The summed E-state index contributed by atoms with van der Waals surface area (Å²) in [5.74, 6) is -1.98. The van der Waals surface area contributed by atoms with Gasteiger partial charge in [-0.25, -0.2) is 8.42 Å². The van der Waals surface area contributed by atoms with Crippen LogP contribution >= 0.6 is 23.2 Å². The Bertz CT molecular complexity index is 1580. The second kappa shape index (κ2) is 13.6. The number of carbonyl (C=O) groups excluding carboxylic acids is 2. The molecule has 1 aliphatic heterocycles. The van der Waals surface area contributed by atoms with Gasteiger partial charge >= 0.3 is 5.97 Å². The second-order valence-electron chi connectivity index (χ2n) is 11.9. The van der Waals surface area contributed by atoms with Gasteiger partial charge in [0.25, 0.3) is 10.1 Å². The fourth-order valence-electron chi connectivity index (χ4n) is 6.00. The summed E-state index contributed by atoms with van der Waals surface area (Å²) in [5, 5.41) is 3.63. The molecule has 0 radical (unpaired) electrons. The summed E-state index contributed by atoms with van der Waals surface area (Å²) in [6.07, 6.45) is 2.10. The van der Waals surface area contributed by atoms with E-state index < -0.39 is 73.7 Å². The molecule has 1 N–H and O–H groups in total. The number of esters is 1. The lowest BCUT2D eigenvalue weighted by Crippen LogP contribution is -2.59. The Morgan fingerprint density at radius 1 is 1.09 bits per heavy atom. The van der Waals surface area contributed by atoms with Crippen LogP contribution in [0.2, 0.25) is 10.0 Å². The first-order valence-corrected chi connectivity index (χ1v) is 18.3. The first-order chi connectivity index (χ1) is 20.6. The highest BCUT2D eigenvalue weighted by Gasteiger charge is 2.52. The Hall–Kier alpha value is -2.22. The Morgan fingerprint density at radius 2 is 1.75 bits per heavy atom. The smallest absolute Gasteiger partial charge is 0.306 e. The number of piperidine rings is 1. The molecule has 1 saturated carbocycles. The van der Waals surface area contributed by atoms with E-state index in [1.807, 2.05) is 13.0 Å². The maximum absolute atomic E-state index is 13.9. The van der Waals surface area contributed by atoms with Gasteiger partial charge in [-0.15, -0.1) is 0 Å². The van der Waals surface area contributed by atoms with Crippen LogP contribution in [0.4, 0.5) is 0 Å². The molecule has 0 bridgehead atoms. The first kappa shape index (κ1) is 34.6. The molecule has 2 fully saturated rings. The highest BCUT2D eigenvalue weighted by molar-refractivity contribution is 7.90. The normalized spacial score (nSPS) is 24.0. The molecular weight excluding hydrogens is 651 g/mol. The van der Waals surface area contributed by atoms with Crippen LogP contribution in [0.15, 0.2) is 48.5 Å². The van der Waals surface area contributed by atoms with E-state index in [2.05, 4.69) is 5.32 Å². The van der Waals surface area contributed by atoms with Crippen LogP contribution in [0.1, 0.15) is 62.1 Å². The number of halogens is 2. The molecule has 10 nitrogen and oxygen atoms in total. The highest BCUT2D eigenvalue weighted by Crippen LogP contribution is 2.46. The third kappa shape index (κ3) is 8.13. The van der Waals surface area contributed by atoms with E-state index in [9.17, 15) is 26.4 Å². The first-order valence-electron chi connectivity index (χ1n) is 14.3. The quantitative estimate of drug-likeness (QED) is 0.237. The maximum Gasteiger partial charge on any atom is 0.306 e. The van der Waals surface area contributed by atoms with E-state index in [1.165, 1.54) is 11.4 Å². The molecule has 1 amide bonds. The molecule has 1 aliphatic carbocycles. The number of hydrogen-bond donors (Lipinski definition) is 1. The van der Waals surface area contributed by atoms with Crippen molar-refractivity contribution < 1.29 is 35.3 Å². The molecule has 44 heavy (non-hydrogen) atoms. The van der Waals surface area contributed by atoms with Gasteiger partial charge in [0, 0.05) is 35.1 Å². The van der Waals surface area contributed by atoms with Crippen molar-refractivity contribution >= 4 is 55.2 Å². The number of hydrogen-bond acceptors (Lipinski definition) is 8. The van der Waals surface area contributed by atoms with Crippen LogP contribution in [0.25, 0.3) is 0 Å². The fourth-order valence-corrected chi connectivity index (χ4v) is 8.53. The van der Waals surface area contributed by atoms with Crippen molar-refractivity contribution in [3.63, 3.8) is 0 Å². The van der Waals surface area contributed by atoms with Gasteiger partial charge in [0.2, 0.25) is 15.9 Å². The van der Waals surface area contributed by atoms with E-state index in [0.29, 0.717) is 29.3 Å². The number of amides is 1. The van der Waals surface area contributed by atoms with Crippen molar-refractivity contribution in [2.24, 2.45) is 11.3 Å². The molecule has 2 aromatic carbocycles. The summed E-state index contributed by atoms with van der Waals surface area (Å²) in [7, 11) is -4.74. The van der Waals surface area contributed by atoms with Crippen LogP contribution < -0.4 is 5.32 Å². The van der Waals surface area contributed by atoms with Crippen LogP contribution in [-0.4, -0.2) is 71.3 Å². The summed E-state index contributed by atoms with van der Waals surface area (Å²) < 4.78 is 62.1. The standard InChI is InChI=1S/C30H38Cl2N2O8S2/c1-19(14-26(20-8-10-22(31)11-9-20)34(2)44(39,40)24-12-13-24)28-25(21-6-5-7-23(32)15-21)16-30(29(36)33-28,17-27(35)41-3)18-42-43(4,37)38/h5-11,15,19,24-26,28H,12-14,16-18H2,1-4H3,(H,33,36)/t19?,25-,26+,28+,30-/m1/s1. The predicted molar refractivity (Wildman–Crippen MR) is 168 cm³/mol. The number of nitrogens with one attached hydrogen (secondary N) is 1. The lowest BCUT2D eigenvalue weighted by Gasteiger charge is -2.46. The fraction of sp³-hybridized carbons (Fsp3) is 0.533. The SMILES string of the molecule is COC(=O)C[C@@]1(COS(C)(=O)=O)C[C@H](c2cccc(Cl)c2)[C@H](C(C)C[C@@H](c2ccc(Cl)cc2)N(C)S(=O)(=O)C2CC2)NC1=O. The van der Waals surface area contributed by atoms with Crippen LogP contribution in [0.3, 0.4) is 0 Å². The van der Waals surface area contributed by atoms with Gasteiger partial charge in [0.05, 0.1) is 37.1 Å². The van der Waals surface area contributed by atoms with Crippen molar-refractivity contribution in [3.05, 3.63) is 69.7 Å². The Balaban J connectivity index is 1.74. The summed E-state index contributed by atoms with van der Waals surface area (Å²) >= 11 is 12.5. The average molecular weight is 690 g/mol. The lowest BCUT2D eigenvalue weighted by molar-refractivity contribution is -0.152. The molecule has 1 unspecified atom stereocenters. The molecule has 242 valence electrons. The number of methoxy groups -OCH3 is 1. The Kier molecular flexibility index (Phi) is 10.7. The van der Waals surface area contributed by atoms with E-state index in [-0.39, 0.29) is 12.3 Å². The number of rotatable bonds is 13. The zero-order valence-corrected chi connectivity index (χ0v) is 28.2. The molecule has 14 heteroatoms. The van der Waals surface area contributed by atoms with Gasteiger partial charge in [0.15, 0.2) is 0 Å². The van der Waals surface area contributed by atoms with Gasteiger partial charge in [-0.05, 0) is 67.0 Å². The summed E-state index contributed by atoms with van der Waals surface area (Å²) in [5.41, 5.74) is -0.0258. The van der Waals surface area contributed by atoms with Crippen molar-refractivity contribution in [1.29, 1.82) is 0 Å². The van der Waals surface area contributed by atoms with Gasteiger partial charge < -0.3 is 10.1 Å². The summed E-state index contributed by atoms with van der Waals surface area (Å²) in [6, 6.07) is 13.1. The molecule has 4 rings (SSSR count). The van der Waals surface area contributed by atoms with Crippen LogP contribution in [0, 0.1) is 11.3 Å². The average Bonchev–Trinajstić information content (AvgIpc) is 3.82. The number of ether oxygens (including phenoxy) is 1. The molecular formula is C30H38Cl2N2O8S2. The van der Waals surface area contributed by atoms with Gasteiger partial charge in [-0.2, -0.15) is 12.7 Å². The topological polar surface area (TPSA) is 136 Å². The Labute approximate surface area is 269 Å². The van der Waals surface area contributed by atoms with Crippen molar-refractivity contribution in [2.45, 2.75) is 62.3 Å². The monoisotopic (exact) mass is 688 g/mol. The minimum absolute atomic E-state index is 0.0562. The highest BCUT2D eigenvalue weighted by atomic mass is 35.5. The zero-order chi connectivity index (χ0) is 32.4. The number of benzene rings is 2. The van der Waals surface area contributed by atoms with E-state index >= 15 is 0 Å². The van der Waals surface area contributed by atoms with Gasteiger partial charge in [-0.3, -0.25) is 13.8 Å². The zero-order valence-electron chi connectivity index (χ0n) is 25.0. The van der Waals surface area contributed by atoms with Crippen LogP contribution in [0.5, 0.6) is 0 Å². The van der Waals surface area contributed by atoms with E-state index in [1.54, 1.807) is 49.5 Å². The number of sulfonamides is 1. The third-order valence-corrected chi connectivity index (χ3v) is 12.0. The predicted octanol–water partition coefficient (Wildman–Crippen LogP) is 4.68. The third-order valence-electron chi connectivity index (χ3n) is 8.61. The molecule has 1 heterocycles. The Morgan fingerprint density at radius 3 is 2.32 bits per heavy atom. The molecule has 2 aromatic rings. The van der Waals surface area contributed by atoms with Crippen molar-refractivity contribution in [1.82, 2.24) is 9.62 Å². The van der Waals surface area contributed by atoms with E-state index in [0.717, 1.165) is 17.4 Å². The molecule has 0 aromatic heterocycles. The van der Waals surface area contributed by atoms with Gasteiger partial charge in [0.1, 0.15) is 0 Å². The number of nitrogens with zero attached hydrogens (tertiary/aromatic N) is 1. The molecule has 5 atom stereocenters. The minimum atomic E-state index is -3.95. The molecule has 0 spiro atoms. The molecule has 2 aliphatic rings. The van der Waals surface area contributed by atoms with Crippen molar-refractivity contribution in [2.75, 3.05) is 27.0 Å². The lowest BCUT2D eigenvalue weighted by atomic mass is 9.66. The van der Waals surface area contributed by atoms with Gasteiger partial charge in [-0.1, -0.05) is 54.4 Å². The minimum Gasteiger partial charge on any atom is -0.469 e. The molecule has 1 saturated heterocycles. The van der Waals surface area contributed by atoms with Crippen LogP contribution in [-0.2, 0) is 38.7 Å². The summed E-state index contributed by atoms with van der Waals surface area (Å²) in [4.78, 5) is 26.4. The van der Waals surface area contributed by atoms with E-state index in [4.69, 9.17) is 32.1 Å². The maximum atomic E-state index is 13.9.